The fourth-order valence-electron chi connectivity index (χ4n) is 3.02. The second-order valence-corrected chi connectivity index (χ2v) is 6.73. The average molecular weight is 287 g/mol. The average Bonchev–Trinajstić information content (AvgIpc) is 2.73. The summed E-state index contributed by atoms with van der Waals surface area (Å²) in [6, 6.07) is 1.92. The number of halogens is 1. The van der Waals surface area contributed by atoms with Crippen molar-refractivity contribution < 1.29 is 9.90 Å². The number of hydrogen-bond donors (Lipinski definition) is 1. The topological polar surface area (TPSA) is 37.3 Å². The molecule has 1 aliphatic rings. The molecule has 0 aliphatic heterocycles. The van der Waals surface area contributed by atoms with Crippen molar-refractivity contribution in [2.45, 2.75) is 51.4 Å². The van der Waals surface area contributed by atoms with E-state index in [9.17, 15) is 4.79 Å². The zero-order chi connectivity index (χ0) is 13.0. The van der Waals surface area contributed by atoms with Gasteiger partial charge in [-0.05, 0) is 42.5 Å². The number of hydrogen-bond acceptors (Lipinski definition) is 2. The quantitative estimate of drug-likeness (QED) is 0.847. The molecule has 100 valence electrons. The van der Waals surface area contributed by atoms with E-state index in [4.69, 9.17) is 16.7 Å². The van der Waals surface area contributed by atoms with Crippen molar-refractivity contribution in [1.82, 2.24) is 0 Å². The van der Waals surface area contributed by atoms with Gasteiger partial charge in [-0.15, -0.1) is 11.3 Å². The number of aliphatic carboxylic acids is 1. The maximum Gasteiger partial charge on any atom is 0.303 e. The SMILES string of the molecule is O=C(O)CC1(CCc2sccc2Cl)CCCCC1. The molecule has 4 heteroatoms. The first-order valence-electron chi connectivity index (χ1n) is 6.55. The number of aryl methyl sites for hydroxylation is 1. The summed E-state index contributed by atoms with van der Waals surface area (Å²) in [5.41, 5.74) is 0.0113. The van der Waals surface area contributed by atoms with Gasteiger partial charge in [0.2, 0.25) is 0 Å². The van der Waals surface area contributed by atoms with Gasteiger partial charge in [0.25, 0.3) is 0 Å². The summed E-state index contributed by atoms with van der Waals surface area (Å²) in [7, 11) is 0. The lowest BCUT2D eigenvalue weighted by Crippen LogP contribution is -2.28. The second kappa shape index (κ2) is 6.07. The van der Waals surface area contributed by atoms with Crippen LogP contribution in [0.5, 0.6) is 0 Å². The molecule has 1 N–H and O–H groups in total. The van der Waals surface area contributed by atoms with Crippen LogP contribution in [-0.4, -0.2) is 11.1 Å². The third kappa shape index (κ3) is 3.48. The third-order valence-electron chi connectivity index (χ3n) is 4.01. The van der Waals surface area contributed by atoms with Crippen molar-refractivity contribution in [1.29, 1.82) is 0 Å². The Balaban J connectivity index is 2.01. The van der Waals surface area contributed by atoms with Crippen molar-refractivity contribution in [2.24, 2.45) is 5.41 Å². The Morgan fingerprint density at radius 2 is 2.11 bits per heavy atom. The summed E-state index contributed by atoms with van der Waals surface area (Å²) < 4.78 is 0. The molecule has 2 rings (SSSR count). The molecule has 0 aromatic carbocycles. The van der Waals surface area contributed by atoms with Gasteiger partial charge in [-0.2, -0.15) is 0 Å². The van der Waals surface area contributed by atoms with Crippen LogP contribution >= 0.6 is 22.9 Å². The van der Waals surface area contributed by atoms with E-state index >= 15 is 0 Å². The molecule has 0 spiro atoms. The van der Waals surface area contributed by atoms with Crippen LogP contribution in [0.4, 0.5) is 0 Å². The number of rotatable bonds is 5. The summed E-state index contributed by atoms with van der Waals surface area (Å²) in [5, 5.41) is 12.0. The van der Waals surface area contributed by atoms with E-state index in [0.29, 0.717) is 6.42 Å². The van der Waals surface area contributed by atoms with Gasteiger partial charge >= 0.3 is 5.97 Å². The molecular weight excluding hydrogens is 268 g/mol. The van der Waals surface area contributed by atoms with Crippen molar-refractivity contribution in [3.05, 3.63) is 21.3 Å². The molecule has 0 amide bonds. The van der Waals surface area contributed by atoms with Crippen LogP contribution in [0.1, 0.15) is 49.8 Å². The molecule has 1 heterocycles. The molecule has 0 radical (unpaired) electrons. The Morgan fingerprint density at radius 1 is 1.39 bits per heavy atom. The maximum atomic E-state index is 11.1. The molecule has 1 aromatic rings. The highest BCUT2D eigenvalue weighted by Gasteiger charge is 2.34. The normalized spacial score (nSPS) is 18.7. The predicted octanol–water partition coefficient (Wildman–Crippen LogP) is 4.76. The summed E-state index contributed by atoms with van der Waals surface area (Å²) in [6.45, 7) is 0. The van der Waals surface area contributed by atoms with E-state index in [2.05, 4.69) is 0 Å². The first-order chi connectivity index (χ1) is 8.61. The lowest BCUT2D eigenvalue weighted by Gasteiger charge is -2.36. The van der Waals surface area contributed by atoms with Crippen LogP contribution in [0, 0.1) is 5.41 Å². The van der Waals surface area contributed by atoms with Gasteiger partial charge in [0.1, 0.15) is 0 Å². The molecule has 1 fully saturated rings. The van der Waals surface area contributed by atoms with Gasteiger partial charge in [-0.1, -0.05) is 30.9 Å². The van der Waals surface area contributed by atoms with Crippen molar-refractivity contribution in [2.75, 3.05) is 0 Å². The fourth-order valence-corrected chi connectivity index (χ4v) is 4.15. The van der Waals surface area contributed by atoms with Crippen LogP contribution in [-0.2, 0) is 11.2 Å². The smallest absolute Gasteiger partial charge is 0.303 e. The van der Waals surface area contributed by atoms with Crippen LogP contribution in [0.15, 0.2) is 11.4 Å². The van der Waals surface area contributed by atoms with Gasteiger partial charge in [0.15, 0.2) is 0 Å². The number of carboxylic acids is 1. The van der Waals surface area contributed by atoms with Crippen molar-refractivity contribution in [3.8, 4) is 0 Å². The zero-order valence-electron chi connectivity index (χ0n) is 10.5. The molecule has 1 saturated carbocycles. The molecular formula is C14H19ClO2S. The Hall–Kier alpha value is -0.540. The largest absolute Gasteiger partial charge is 0.481 e. The zero-order valence-corrected chi connectivity index (χ0v) is 12.0. The highest BCUT2D eigenvalue weighted by atomic mass is 35.5. The lowest BCUT2D eigenvalue weighted by atomic mass is 9.69. The Bertz CT molecular complexity index is 408. The van der Waals surface area contributed by atoms with Gasteiger partial charge in [-0.25, -0.2) is 0 Å². The van der Waals surface area contributed by atoms with Gasteiger partial charge in [0.05, 0.1) is 11.4 Å². The monoisotopic (exact) mass is 286 g/mol. The molecule has 18 heavy (non-hydrogen) atoms. The Kier molecular flexibility index (Phi) is 4.68. The highest BCUT2D eigenvalue weighted by Crippen LogP contribution is 2.43. The number of thiophene rings is 1. The number of carboxylic acid groups (broad SMARTS) is 1. The highest BCUT2D eigenvalue weighted by molar-refractivity contribution is 7.10. The summed E-state index contributed by atoms with van der Waals surface area (Å²) in [6.07, 6.45) is 7.90. The van der Waals surface area contributed by atoms with Crippen LogP contribution in [0.2, 0.25) is 5.02 Å². The van der Waals surface area contributed by atoms with E-state index < -0.39 is 5.97 Å². The summed E-state index contributed by atoms with van der Waals surface area (Å²) >= 11 is 7.78. The van der Waals surface area contributed by atoms with Gasteiger partial charge < -0.3 is 5.11 Å². The molecule has 0 bridgehead atoms. The summed E-state index contributed by atoms with van der Waals surface area (Å²) in [4.78, 5) is 12.3. The van der Waals surface area contributed by atoms with Crippen molar-refractivity contribution in [3.63, 3.8) is 0 Å². The van der Waals surface area contributed by atoms with E-state index in [1.165, 1.54) is 24.1 Å². The van der Waals surface area contributed by atoms with E-state index in [0.717, 1.165) is 30.7 Å². The van der Waals surface area contributed by atoms with E-state index in [1.807, 2.05) is 11.4 Å². The van der Waals surface area contributed by atoms with Gasteiger partial charge in [0, 0.05) is 4.88 Å². The van der Waals surface area contributed by atoms with Gasteiger partial charge in [-0.3, -0.25) is 4.79 Å². The van der Waals surface area contributed by atoms with Crippen LogP contribution in [0.3, 0.4) is 0 Å². The molecule has 0 unspecified atom stereocenters. The van der Waals surface area contributed by atoms with E-state index in [1.54, 1.807) is 11.3 Å². The van der Waals surface area contributed by atoms with Crippen molar-refractivity contribution >= 4 is 28.9 Å². The Morgan fingerprint density at radius 3 is 2.67 bits per heavy atom. The fraction of sp³-hybridized carbons (Fsp3) is 0.643. The minimum atomic E-state index is -0.658. The molecule has 0 saturated heterocycles. The predicted molar refractivity (Wildman–Crippen MR) is 75.4 cm³/mol. The lowest BCUT2D eigenvalue weighted by molar-refractivity contribution is -0.140. The number of carbonyl (C=O) groups is 1. The van der Waals surface area contributed by atoms with Crippen LogP contribution < -0.4 is 0 Å². The standard InChI is InChI=1S/C14H19ClO2S/c15-11-5-9-18-12(11)4-8-14(10-13(16)17)6-2-1-3-7-14/h5,9H,1-4,6-8,10H2,(H,16,17). The maximum absolute atomic E-state index is 11.1. The second-order valence-electron chi connectivity index (χ2n) is 5.32. The Labute approximate surface area is 117 Å². The molecule has 1 aliphatic carbocycles. The van der Waals surface area contributed by atoms with Crippen LogP contribution in [0.25, 0.3) is 0 Å². The first-order valence-corrected chi connectivity index (χ1v) is 7.81. The van der Waals surface area contributed by atoms with E-state index in [-0.39, 0.29) is 5.41 Å². The molecule has 1 aromatic heterocycles. The summed E-state index contributed by atoms with van der Waals surface area (Å²) in [5.74, 6) is -0.658. The first kappa shape index (κ1) is 13.9. The minimum absolute atomic E-state index is 0.0113. The minimum Gasteiger partial charge on any atom is -0.481 e. The molecule has 2 nitrogen and oxygen atoms in total. The molecule has 0 atom stereocenters. The third-order valence-corrected chi connectivity index (χ3v) is 5.46.